The molecule has 2 aromatic rings. The molecule has 0 amide bonds. The Labute approximate surface area is 168 Å². The van der Waals surface area contributed by atoms with Gasteiger partial charge in [0.15, 0.2) is 17.5 Å². The van der Waals surface area contributed by atoms with Crippen LogP contribution in [0.1, 0.15) is 38.0 Å². The topological polar surface area (TPSA) is 80.9 Å². The predicted molar refractivity (Wildman–Crippen MR) is 109 cm³/mol. The normalized spacial score (nSPS) is 12.0. The van der Waals surface area contributed by atoms with Crippen LogP contribution in [0.4, 0.5) is 0 Å². The Bertz CT molecular complexity index is 797. The number of guanidine groups is 1. The molecule has 0 aliphatic carbocycles. The number of ether oxygens (including phenoxy) is 2. The molecule has 0 saturated heterocycles. The van der Waals surface area contributed by atoms with Gasteiger partial charge in [-0.05, 0) is 17.7 Å². The maximum absolute atomic E-state index is 5.79. The highest BCUT2D eigenvalue weighted by molar-refractivity contribution is 9.10. The Morgan fingerprint density at radius 2 is 1.78 bits per heavy atom. The molecule has 0 saturated carbocycles. The average Bonchev–Trinajstić information content (AvgIpc) is 3.12. The van der Waals surface area contributed by atoms with E-state index in [9.17, 15) is 0 Å². The Hall–Kier alpha value is -2.22. The highest BCUT2D eigenvalue weighted by atomic mass is 79.9. The third-order valence-corrected chi connectivity index (χ3v) is 4.66. The van der Waals surface area contributed by atoms with Gasteiger partial charge in [-0.15, -0.1) is 0 Å². The molecule has 0 unspecified atom stereocenters. The van der Waals surface area contributed by atoms with Gasteiger partial charge >= 0.3 is 0 Å². The molecule has 2 rings (SSSR count). The lowest BCUT2D eigenvalue weighted by atomic mass is 9.94. The van der Waals surface area contributed by atoms with Gasteiger partial charge in [-0.2, -0.15) is 0 Å². The lowest BCUT2D eigenvalue weighted by Gasteiger charge is -2.15. The molecule has 1 aromatic carbocycles. The molecule has 148 valence electrons. The van der Waals surface area contributed by atoms with Crippen molar-refractivity contribution in [3.8, 4) is 11.5 Å². The zero-order chi connectivity index (χ0) is 20.0. The van der Waals surface area contributed by atoms with Gasteiger partial charge in [0.05, 0.1) is 27.0 Å². The highest BCUT2D eigenvalue weighted by Crippen LogP contribution is 2.33. The van der Waals surface area contributed by atoms with Gasteiger partial charge in [0.1, 0.15) is 5.76 Å². The van der Waals surface area contributed by atoms with Crippen molar-refractivity contribution in [1.29, 1.82) is 0 Å². The van der Waals surface area contributed by atoms with Gasteiger partial charge in [-0.3, -0.25) is 4.99 Å². The molecule has 2 N–H and O–H groups in total. The second-order valence-corrected chi connectivity index (χ2v) is 7.80. The summed E-state index contributed by atoms with van der Waals surface area (Å²) >= 11 is 3.56. The Balaban J connectivity index is 1.97. The van der Waals surface area contributed by atoms with Crippen LogP contribution >= 0.6 is 15.9 Å². The van der Waals surface area contributed by atoms with E-state index in [2.05, 4.69) is 57.3 Å². The quantitative estimate of drug-likeness (QED) is 0.529. The van der Waals surface area contributed by atoms with Crippen LogP contribution in [0.25, 0.3) is 0 Å². The third-order valence-electron chi connectivity index (χ3n) is 3.92. The van der Waals surface area contributed by atoms with Crippen LogP contribution in [-0.4, -0.2) is 32.2 Å². The first-order chi connectivity index (χ1) is 12.8. The minimum absolute atomic E-state index is 0.0646. The zero-order valence-electron chi connectivity index (χ0n) is 16.6. The number of benzene rings is 1. The van der Waals surface area contributed by atoms with Crippen molar-refractivity contribution < 1.29 is 13.9 Å². The summed E-state index contributed by atoms with van der Waals surface area (Å²) in [4.78, 5) is 8.55. The second kappa shape index (κ2) is 9.12. The molecule has 0 aliphatic rings. The van der Waals surface area contributed by atoms with E-state index in [4.69, 9.17) is 13.9 Å². The fraction of sp³-hybridized carbons (Fsp3) is 0.474. The summed E-state index contributed by atoms with van der Waals surface area (Å²) in [5.74, 6) is 3.47. The number of aromatic nitrogens is 1. The molecule has 27 heavy (non-hydrogen) atoms. The highest BCUT2D eigenvalue weighted by Gasteiger charge is 2.19. The van der Waals surface area contributed by atoms with Crippen molar-refractivity contribution in [2.24, 2.45) is 4.99 Å². The molecule has 0 spiro atoms. The minimum Gasteiger partial charge on any atom is -0.493 e. The van der Waals surface area contributed by atoms with Crippen molar-refractivity contribution in [3.63, 3.8) is 0 Å². The van der Waals surface area contributed by atoms with E-state index in [0.29, 0.717) is 36.4 Å². The maximum Gasteiger partial charge on any atom is 0.213 e. The zero-order valence-corrected chi connectivity index (χ0v) is 18.2. The molecule has 1 aromatic heterocycles. The maximum atomic E-state index is 5.79. The standard InChI is InChI=1S/C19H27BrN4O3/c1-19(2,3)16-10-22-17(27-16)11-24-18(21-4)23-9-12-7-14(25-5)15(26-6)8-13(12)20/h7-8,10H,9,11H2,1-6H3,(H2,21,23,24). The Morgan fingerprint density at radius 1 is 1.15 bits per heavy atom. The van der Waals surface area contributed by atoms with Crippen molar-refractivity contribution in [1.82, 2.24) is 15.6 Å². The summed E-state index contributed by atoms with van der Waals surface area (Å²) in [6.07, 6.45) is 1.77. The number of nitrogens with one attached hydrogen (secondary N) is 2. The third kappa shape index (κ3) is 5.63. The minimum atomic E-state index is -0.0646. The largest absolute Gasteiger partial charge is 0.493 e. The number of methoxy groups -OCH3 is 2. The fourth-order valence-corrected chi connectivity index (χ4v) is 2.79. The van der Waals surface area contributed by atoms with E-state index in [1.165, 1.54) is 0 Å². The van der Waals surface area contributed by atoms with Crippen molar-refractivity contribution in [2.45, 2.75) is 39.3 Å². The van der Waals surface area contributed by atoms with Gasteiger partial charge in [-0.1, -0.05) is 36.7 Å². The number of hydrogen-bond acceptors (Lipinski definition) is 5. The van der Waals surface area contributed by atoms with Crippen LogP contribution in [-0.2, 0) is 18.5 Å². The molecule has 0 aliphatic heterocycles. The van der Waals surface area contributed by atoms with Crippen LogP contribution < -0.4 is 20.1 Å². The summed E-state index contributed by atoms with van der Waals surface area (Å²) in [5, 5.41) is 6.47. The molecule has 8 heteroatoms. The van der Waals surface area contributed by atoms with Gasteiger partial charge in [0.2, 0.25) is 5.89 Å². The molecular formula is C19H27BrN4O3. The van der Waals surface area contributed by atoms with Crippen molar-refractivity contribution >= 4 is 21.9 Å². The lowest BCUT2D eigenvalue weighted by molar-refractivity contribution is 0.354. The summed E-state index contributed by atoms with van der Waals surface area (Å²) in [6.45, 7) is 7.27. The second-order valence-electron chi connectivity index (χ2n) is 6.95. The first kappa shape index (κ1) is 21.1. The monoisotopic (exact) mass is 438 g/mol. The van der Waals surface area contributed by atoms with E-state index >= 15 is 0 Å². The molecule has 0 radical (unpaired) electrons. The number of aliphatic imine (C=N–C) groups is 1. The van der Waals surface area contributed by atoms with E-state index in [1.54, 1.807) is 27.5 Å². The molecule has 0 bridgehead atoms. The number of oxazole rings is 1. The fourth-order valence-electron chi connectivity index (χ4n) is 2.33. The van der Waals surface area contributed by atoms with E-state index in [-0.39, 0.29) is 5.41 Å². The van der Waals surface area contributed by atoms with E-state index in [1.807, 2.05) is 12.1 Å². The first-order valence-electron chi connectivity index (χ1n) is 8.58. The van der Waals surface area contributed by atoms with Gasteiger partial charge in [-0.25, -0.2) is 4.98 Å². The van der Waals surface area contributed by atoms with E-state index < -0.39 is 0 Å². The summed E-state index contributed by atoms with van der Waals surface area (Å²) in [6, 6.07) is 3.81. The first-order valence-corrected chi connectivity index (χ1v) is 9.38. The van der Waals surface area contributed by atoms with E-state index in [0.717, 1.165) is 15.8 Å². The molecular weight excluding hydrogens is 412 g/mol. The molecule has 0 fully saturated rings. The summed E-state index contributed by atoms with van der Waals surface area (Å²) in [5.41, 5.74) is 0.951. The van der Waals surface area contributed by atoms with Gasteiger partial charge in [0, 0.05) is 23.5 Å². The van der Waals surface area contributed by atoms with Crippen LogP contribution in [0.2, 0.25) is 0 Å². The number of rotatable bonds is 6. The van der Waals surface area contributed by atoms with Crippen molar-refractivity contribution in [3.05, 3.63) is 40.0 Å². The summed E-state index contributed by atoms with van der Waals surface area (Å²) < 4.78 is 17.4. The van der Waals surface area contributed by atoms with Crippen LogP contribution in [0.5, 0.6) is 11.5 Å². The number of nitrogens with zero attached hydrogens (tertiary/aromatic N) is 2. The van der Waals surface area contributed by atoms with Gasteiger partial charge < -0.3 is 24.5 Å². The SMILES string of the molecule is CN=C(NCc1ncc(C(C)(C)C)o1)NCc1cc(OC)c(OC)cc1Br. The number of hydrogen-bond donors (Lipinski definition) is 2. The Kier molecular flexibility index (Phi) is 7.12. The van der Waals surface area contributed by atoms with Gasteiger partial charge in [0.25, 0.3) is 0 Å². The van der Waals surface area contributed by atoms with Crippen LogP contribution in [0, 0.1) is 0 Å². The lowest BCUT2D eigenvalue weighted by Crippen LogP contribution is -2.36. The predicted octanol–water partition coefficient (Wildman–Crippen LogP) is 3.62. The Morgan fingerprint density at radius 3 is 2.33 bits per heavy atom. The average molecular weight is 439 g/mol. The number of halogens is 1. The smallest absolute Gasteiger partial charge is 0.213 e. The van der Waals surface area contributed by atoms with Crippen LogP contribution in [0.15, 0.2) is 32.2 Å². The molecule has 7 nitrogen and oxygen atoms in total. The molecule has 1 heterocycles. The van der Waals surface area contributed by atoms with Crippen molar-refractivity contribution in [2.75, 3.05) is 21.3 Å². The summed E-state index contributed by atoms with van der Waals surface area (Å²) in [7, 11) is 4.95. The molecule has 0 atom stereocenters. The van der Waals surface area contributed by atoms with Crippen LogP contribution in [0.3, 0.4) is 0 Å².